The Morgan fingerprint density at radius 2 is 1.92 bits per heavy atom. The fourth-order valence-electron chi connectivity index (χ4n) is 4.53. The normalized spacial score (nSPS) is 17.5. The highest BCUT2D eigenvalue weighted by molar-refractivity contribution is 8.26. The van der Waals surface area contributed by atoms with Gasteiger partial charge in [-0.15, -0.1) is 0 Å². The molecule has 4 aromatic rings. The first-order chi connectivity index (χ1) is 17.3. The van der Waals surface area contributed by atoms with Crippen molar-refractivity contribution >= 4 is 21.5 Å². The van der Waals surface area contributed by atoms with E-state index in [1.165, 1.54) is 25.7 Å². The van der Waals surface area contributed by atoms with Crippen LogP contribution in [0.2, 0.25) is 0 Å². The second-order valence-electron chi connectivity index (χ2n) is 8.98. The number of fused-ring (bicyclic) bond motifs is 2. The lowest BCUT2D eigenvalue weighted by molar-refractivity contribution is -0.0248. The molecule has 2 N–H and O–H groups in total. The lowest BCUT2D eigenvalue weighted by Crippen LogP contribution is -2.42. The van der Waals surface area contributed by atoms with Crippen molar-refractivity contribution in [2.75, 3.05) is 19.6 Å². The first-order valence-corrected chi connectivity index (χ1v) is 13.2. The molecule has 0 bridgehead atoms. The van der Waals surface area contributed by atoms with E-state index in [4.69, 9.17) is 9.26 Å². The molecule has 5 rings (SSSR count). The van der Waals surface area contributed by atoms with Gasteiger partial charge in [0, 0.05) is 24.4 Å². The molecule has 1 aliphatic rings. The molecule has 0 aliphatic carbocycles. The first-order valence-electron chi connectivity index (χ1n) is 10.8. The van der Waals surface area contributed by atoms with E-state index in [1.807, 2.05) is 0 Å². The Labute approximate surface area is 207 Å². The van der Waals surface area contributed by atoms with Gasteiger partial charge in [-0.1, -0.05) is 21.7 Å². The van der Waals surface area contributed by atoms with Crippen molar-refractivity contribution in [2.45, 2.75) is 25.1 Å². The summed E-state index contributed by atoms with van der Waals surface area (Å²) in [5.41, 5.74) is -3.21. The van der Waals surface area contributed by atoms with Crippen LogP contribution >= 0.6 is 10.5 Å². The van der Waals surface area contributed by atoms with E-state index in [2.05, 4.69) is 9.88 Å². The van der Waals surface area contributed by atoms with E-state index in [9.17, 15) is 18.1 Å². The standard InChI is InChI=1S/C23H21F5N4O4S/c1-35-10-11-7-14-18(19(20(11)26)17-12(24)5-4-6-13(17)25)21(29-36-14)32-9-16-23(27,28)15(30-37(2,3)34)8-31(16)22(32)33/h4-7,9,15,30,34H,8,10H2,1-3H3/t15-/m1/s1. The van der Waals surface area contributed by atoms with Gasteiger partial charge >= 0.3 is 11.6 Å². The van der Waals surface area contributed by atoms with Crippen molar-refractivity contribution in [2.24, 2.45) is 0 Å². The lowest BCUT2D eigenvalue weighted by atomic mass is 9.97. The lowest BCUT2D eigenvalue weighted by Gasteiger charge is -2.31. The molecule has 0 amide bonds. The van der Waals surface area contributed by atoms with Gasteiger partial charge in [-0.25, -0.2) is 22.5 Å². The topological polar surface area (TPSA) is 94.5 Å². The van der Waals surface area contributed by atoms with E-state index in [0.29, 0.717) is 0 Å². The molecule has 0 saturated heterocycles. The summed E-state index contributed by atoms with van der Waals surface area (Å²) >= 11 is 0. The third kappa shape index (κ3) is 4.04. The molecular formula is C23H21F5N4O4S. The summed E-state index contributed by atoms with van der Waals surface area (Å²) in [5, 5.41) is 3.49. The van der Waals surface area contributed by atoms with Crippen LogP contribution in [-0.4, -0.2) is 44.5 Å². The molecule has 1 atom stereocenters. The summed E-state index contributed by atoms with van der Waals surface area (Å²) in [6.07, 6.45) is 3.56. The van der Waals surface area contributed by atoms with Gasteiger partial charge in [-0.3, -0.25) is 9.29 Å². The Morgan fingerprint density at radius 3 is 2.51 bits per heavy atom. The molecule has 14 heteroatoms. The number of alkyl halides is 2. The van der Waals surface area contributed by atoms with E-state index in [-0.39, 0.29) is 23.1 Å². The molecule has 0 spiro atoms. The summed E-state index contributed by atoms with van der Waals surface area (Å²) in [6.45, 7) is -0.743. The van der Waals surface area contributed by atoms with Crippen LogP contribution in [0.15, 0.2) is 39.8 Å². The molecule has 198 valence electrons. The van der Waals surface area contributed by atoms with E-state index < -0.39 is 74.8 Å². The minimum absolute atomic E-state index is 0.100. The minimum atomic E-state index is -3.56. The predicted molar refractivity (Wildman–Crippen MR) is 127 cm³/mol. The number of nitrogens with zero attached hydrogens (tertiary/aromatic N) is 3. The fraction of sp³-hybridized carbons (Fsp3) is 0.304. The number of ether oxygens (including phenoxy) is 1. The van der Waals surface area contributed by atoms with Gasteiger partial charge in [0.15, 0.2) is 11.4 Å². The second-order valence-corrected chi connectivity index (χ2v) is 11.8. The fourth-order valence-corrected chi connectivity index (χ4v) is 5.44. The van der Waals surface area contributed by atoms with E-state index >= 15 is 13.2 Å². The zero-order chi connectivity index (χ0) is 26.9. The van der Waals surface area contributed by atoms with Gasteiger partial charge in [0.25, 0.3) is 0 Å². The summed E-state index contributed by atoms with van der Waals surface area (Å²) < 4.78 is 99.9. The summed E-state index contributed by atoms with van der Waals surface area (Å²) in [4.78, 5) is 13.2. The van der Waals surface area contributed by atoms with Crippen LogP contribution in [0.25, 0.3) is 27.9 Å². The number of methoxy groups -OCH3 is 1. The van der Waals surface area contributed by atoms with Crippen molar-refractivity contribution in [1.82, 2.24) is 19.0 Å². The molecule has 2 aromatic heterocycles. The molecule has 0 fully saturated rings. The van der Waals surface area contributed by atoms with Crippen LogP contribution in [0.4, 0.5) is 22.0 Å². The third-order valence-electron chi connectivity index (χ3n) is 6.05. The largest absolute Gasteiger partial charge is 0.380 e. The van der Waals surface area contributed by atoms with Crippen molar-refractivity contribution in [3.8, 4) is 16.9 Å². The number of hydrogen-bond acceptors (Lipinski definition) is 6. The maximum atomic E-state index is 15.7. The highest BCUT2D eigenvalue weighted by atomic mass is 32.3. The summed E-state index contributed by atoms with van der Waals surface area (Å²) in [7, 11) is -1.24. The van der Waals surface area contributed by atoms with Crippen LogP contribution in [0, 0.1) is 17.5 Å². The number of hydrogen-bond donors (Lipinski definition) is 2. The number of imidazole rings is 1. The molecule has 3 heterocycles. The van der Waals surface area contributed by atoms with Crippen molar-refractivity contribution in [3.05, 3.63) is 69.7 Å². The Bertz CT molecular complexity index is 1570. The van der Waals surface area contributed by atoms with Gasteiger partial charge in [-0.05, 0) is 30.7 Å². The maximum Gasteiger partial charge on any atom is 0.334 e. The molecule has 37 heavy (non-hydrogen) atoms. The van der Waals surface area contributed by atoms with E-state index in [1.54, 1.807) is 0 Å². The Balaban J connectivity index is 1.75. The monoisotopic (exact) mass is 544 g/mol. The van der Waals surface area contributed by atoms with Gasteiger partial charge in [0.1, 0.15) is 29.2 Å². The van der Waals surface area contributed by atoms with Crippen molar-refractivity contribution in [3.63, 3.8) is 0 Å². The highest BCUT2D eigenvalue weighted by Gasteiger charge is 2.52. The van der Waals surface area contributed by atoms with Crippen LogP contribution in [-0.2, 0) is 23.8 Å². The molecule has 1 aliphatic heterocycles. The first kappa shape index (κ1) is 25.4. The maximum absolute atomic E-state index is 15.7. The zero-order valence-electron chi connectivity index (χ0n) is 19.7. The molecule has 0 saturated carbocycles. The van der Waals surface area contributed by atoms with Crippen LogP contribution in [0.3, 0.4) is 0 Å². The molecule has 0 unspecified atom stereocenters. The summed E-state index contributed by atoms with van der Waals surface area (Å²) in [6, 6.07) is 2.60. The molecule has 0 radical (unpaired) electrons. The number of nitrogens with one attached hydrogen (secondary N) is 1. The van der Waals surface area contributed by atoms with Gasteiger partial charge < -0.3 is 13.8 Å². The average Bonchev–Trinajstić information content (AvgIpc) is 3.42. The van der Waals surface area contributed by atoms with E-state index in [0.717, 1.165) is 33.5 Å². The van der Waals surface area contributed by atoms with Crippen molar-refractivity contribution < 1.29 is 35.8 Å². The zero-order valence-corrected chi connectivity index (χ0v) is 20.5. The number of aromatic nitrogens is 3. The highest BCUT2D eigenvalue weighted by Crippen LogP contribution is 2.43. The van der Waals surface area contributed by atoms with Gasteiger partial charge in [-0.2, -0.15) is 8.78 Å². The smallest absolute Gasteiger partial charge is 0.334 e. The van der Waals surface area contributed by atoms with Gasteiger partial charge in [0.05, 0.1) is 24.1 Å². The average molecular weight is 545 g/mol. The second kappa shape index (κ2) is 8.68. The Kier molecular flexibility index (Phi) is 5.97. The minimum Gasteiger partial charge on any atom is -0.380 e. The van der Waals surface area contributed by atoms with Crippen LogP contribution in [0.1, 0.15) is 11.3 Å². The van der Waals surface area contributed by atoms with Gasteiger partial charge in [0.2, 0.25) is 0 Å². The Hall–Kier alpha value is -3.20. The summed E-state index contributed by atoms with van der Waals surface area (Å²) in [5.74, 6) is -7.22. The third-order valence-corrected chi connectivity index (χ3v) is 6.91. The molecule has 8 nitrogen and oxygen atoms in total. The number of halogens is 5. The molecule has 2 aromatic carbocycles. The quantitative estimate of drug-likeness (QED) is 0.347. The SMILES string of the molecule is COCc1cc2onc(-n3cc4n(c3=O)C[C@@H](NS(C)(C)O)C4(F)F)c2c(-c2c(F)cccc2F)c1F. The number of rotatable bonds is 6. The molecular weight excluding hydrogens is 523 g/mol. The predicted octanol–water partition coefficient (Wildman–Crippen LogP) is 4.53. The van der Waals surface area contributed by atoms with Crippen LogP contribution in [0.5, 0.6) is 0 Å². The van der Waals surface area contributed by atoms with Crippen molar-refractivity contribution in [1.29, 1.82) is 0 Å². The number of benzene rings is 2. The van der Waals surface area contributed by atoms with Crippen LogP contribution < -0.4 is 10.4 Å². The Morgan fingerprint density at radius 1 is 1.24 bits per heavy atom.